The van der Waals surface area contributed by atoms with Crippen LogP contribution in [0.3, 0.4) is 0 Å². The summed E-state index contributed by atoms with van der Waals surface area (Å²) >= 11 is 0. The van der Waals surface area contributed by atoms with Crippen LogP contribution < -0.4 is 0 Å². The molecule has 0 fully saturated rings. The van der Waals surface area contributed by atoms with Gasteiger partial charge in [0.1, 0.15) is 5.57 Å². The standard InChI is InChI=1S/C7H6F6/c1-4(2)3-5(6(8,9)10)7(11,12)13/h3H,1H2,2H3. The molecular weight excluding hydrogens is 198 g/mol. The fraction of sp³-hybridized carbons (Fsp3) is 0.429. The molecule has 0 aliphatic carbocycles. The maximum Gasteiger partial charge on any atom is 0.421 e. The van der Waals surface area contributed by atoms with Gasteiger partial charge in [-0.05, 0) is 13.0 Å². The zero-order valence-electron chi connectivity index (χ0n) is 6.55. The predicted octanol–water partition coefficient (Wildman–Crippen LogP) is 3.61. The van der Waals surface area contributed by atoms with Crippen molar-refractivity contribution in [1.29, 1.82) is 0 Å². The lowest BCUT2D eigenvalue weighted by atomic mass is 10.2. The highest BCUT2D eigenvalue weighted by Gasteiger charge is 2.50. The maximum absolute atomic E-state index is 11.7. The van der Waals surface area contributed by atoms with E-state index in [0.29, 0.717) is 0 Å². The molecule has 6 heteroatoms. The third-order valence-corrected chi connectivity index (χ3v) is 1.00. The van der Waals surface area contributed by atoms with Gasteiger partial charge in [0.15, 0.2) is 0 Å². The van der Waals surface area contributed by atoms with E-state index < -0.39 is 17.9 Å². The van der Waals surface area contributed by atoms with E-state index in [1.54, 1.807) is 0 Å². The number of halogens is 6. The van der Waals surface area contributed by atoms with Gasteiger partial charge in [-0.2, -0.15) is 26.3 Å². The average molecular weight is 204 g/mol. The molecule has 13 heavy (non-hydrogen) atoms. The maximum atomic E-state index is 11.7. The number of allylic oxidation sites excluding steroid dienone is 3. The van der Waals surface area contributed by atoms with Crippen molar-refractivity contribution >= 4 is 0 Å². The zero-order chi connectivity index (χ0) is 10.9. The normalized spacial score (nSPS) is 12.5. The third kappa shape index (κ3) is 4.00. The Kier molecular flexibility index (Phi) is 3.18. The molecule has 0 aliphatic rings. The lowest BCUT2D eigenvalue weighted by Crippen LogP contribution is -2.26. The number of rotatable bonds is 1. The van der Waals surface area contributed by atoms with Gasteiger partial charge in [-0.25, -0.2) is 0 Å². The average Bonchev–Trinajstić information content (AvgIpc) is 1.77. The molecule has 0 atom stereocenters. The molecule has 76 valence electrons. The summed E-state index contributed by atoms with van der Waals surface area (Å²) in [6.45, 7) is 4.00. The summed E-state index contributed by atoms with van der Waals surface area (Å²) < 4.78 is 70.5. The van der Waals surface area contributed by atoms with Crippen LogP contribution in [0.5, 0.6) is 0 Å². The molecule has 0 N–H and O–H groups in total. The van der Waals surface area contributed by atoms with Crippen LogP contribution in [0, 0.1) is 0 Å². The molecule has 0 aromatic heterocycles. The Hall–Kier alpha value is -0.940. The highest BCUT2D eigenvalue weighted by atomic mass is 19.4. The van der Waals surface area contributed by atoms with Crippen molar-refractivity contribution in [3.63, 3.8) is 0 Å². The Morgan fingerprint density at radius 3 is 1.38 bits per heavy atom. The molecule has 0 spiro atoms. The van der Waals surface area contributed by atoms with Crippen molar-refractivity contribution in [2.45, 2.75) is 19.3 Å². The van der Waals surface area contributed by atoms with Crippen LogP contribution in [-0.4, -0.2) is 12.4 Å². The van der Waals surface area contributed by atoms with Crippen LogP contribution in [0.2, 0.25) is 0 Å². The van der Waals surface area contributed by atoms with Gasteiger partial charge in [0.05, 0.1) is 0 Å². The Balaban J connectivity index is 5.13. The third-order valence-electron chi connectivity index (χ3n) is 1.00. The Labute approximate surface area is 70.5 Å². The Morgan fingerprint density at radius 2 is 1.31 bits per heavy atom. The van der Waals surface area contributed by atoms with Crippen LogP contribution in [0.15, 0.2) is 23.8 Å². The van der Waals surface area contributed by atoms with E-state index in [4.69, 9.17) is 0 Å². The lowest BCUT2D eigenvalue weighted by molar-refractivity contribution is -0.171. The van der Waals surface area contributed by atoms with Gasteiger partial charge in [-0.1, -0.05) is 12.2 Å². The van der Waals surface area contributed by atoms with Crippen LogP contribution in [-0.2, 0) is 0 Å². The smallest absolute Gasteiger partial charge is 0.166 e. The second-order valence-corrected chi connectivity index (χ2v) is 2.40. The number of hydrogen-bond acceptors (Lipinski definition) is 0. The summed E-state index contributed by atoms with van der Waals surface area (Å²) in [7, 11) is 0. The summed E-state index contributed by atoms with van der Waals surface area (Å²) in [5.41, 5.74) is -2.84. The minimum Gasteiger partial charge on any atom is -0.166 e. The molecule has 0 radical (unpaired) electrons. The van der Waals surface area contributed by atoms with E-state index >= 15 is 0 Å². The molecule has 0 aromatic carbocycles. The minimum absolute atomic E-state index is 0.0278. The minimum atomic E-state index is -5.39. The monoisotopic (exact) mass is 204 g/mol. The molecule has 0 saturated carbocycles. The van der Waals surface area contributed by atoms with E-state index in [2.05, 4.69) is 6.58 Å². The lowest BCUT2D eigenvalue weighted by Gasteiger charge is -2.14. The van der Waals surface area contributed by atoms with Crippen molar-refractivity contribution in [1.82, 2.24) is 0 Å². The second kappa shape index (κ2) is 3.43. The summed E-state index contributed by atoms with van der Waals surface area (Å²) in [4.78, 5) is 0. The van der Waals surface area contributed by atoms with Crippen molar-refractivity contribution in [3.05, 3.63) is 23.8 Å². The van der Waals surface area contributed by atoms with Crippen molar-refractivity contribution < 1.29 is 26.3 Å². The van der Waals surface area contributed by atoms with Crippen LogP contribution in [0.4, 0.5) is 26.3 Å². The first-order valence-corrected chi connectivity index (χ1v) is 3.06. The number of hydrogen-bond donors (Lipinski definition) is 0. The summed E-state index contributed by atoms with van der Waals surface area (Å²) in [6.07, 6.45) is -10.8. The first-order chi connectivity index (χ1) is 5.55. The fourth-order valence-electron chi connectivity index (χ4n) is 0.571. The van der Waals surface area contributed by atoms with E-state index in [-0.39, 0.29) is 11.6 Å². The molecule has 0 aromatic rings. The quantitative estimate of drug-likeness (QED) is 0.452. The Morgan fingerprint density at radius 1 is 1.00 bits per heavy atom. The highest BCUT2D eigenvalue weighted by Crippen LogP contribution is 2.38. The van der Waals surface area contributed by atoms with E-state index in [0.717, 1.165) is 6.92 Å². The SMILES string of the molecule is C=C(C)C=C(C(F)(F)F)C(F)(F)F. The van der Waals surface area contributed by atoms with Gasteiger partial charge in [0.25, 0.3) is 0 Å². The largest absolute Gasteiger partial charge is 0.421 e. The topological polar surface area (TPSA) is 0 Å². The predicted molar refractivity (Wildman–Crippen MR) is 35.0 cm³/mol. The van der Waals surface area contributed by atoms with Crippen molar-refractivity contribution in [2.24, 2.45) is 0 Å². The van der Waals surface area contributed by atoms with E-state index in [1.807, 2.05) is 0 Å². The molecule has 0 rings (SSSR count). The summed E-state index contributed by atoms with van der Waals surface area (Å²) in [5, 5.41) is 0. The van der Waals surface area contributed by atoms with Crippen LogP contribution >= 0.6 is 0 Å². The first kappa shape index (κ1) is 12.1. The zero-order valence-corrected chi connectivity index (χ0v) is 6.55. The number of alkyl halides is 6. The highest BCUT2D eigenvalue weighted by molar-refractivity contribution is 5.25. The second-order valence-electron chi connectivity index (χ2n) is 2.40. The van der Waals surface area contributed by atoms with Crippen LogP contribution in [0.1, 0.15) is 6.92 Å². The molecule has 0 saturated heterocycles. The van der Waals surface area contributed by atoms with Gasteiger partial charge in [-0.3, -0.25) is 0 Å². The molecule has 0 amide bonds. The van der Waals surface area contributed by atoms with Gasteiger partial charge >= 0.3 is 12.4 Å². The molecule has 0 bridgehead atoms. The summed E-state index contributed by atoms with van der Waals surface area (Å²) in [6, 6.07) is 0. The van der Waals surface area contributed by atoms with E-state index in [1.165, 1.54) is 0 Å². The Bertz CT molecular complexity index is 212. The van der Waals surface area contributed by atoms with Gasteiger partial charge in [-0.15, -0.1) is 0 Å². The van der Waals surface area contributed by atoms with E-state index in [9.17, 15) is 26.3 Å². The van der Waals surface area contributed by atoms with Crippen molar-refractivity contribution in [3.8, 4) is 0 Å². The molecule has 0 aliphatic heterocycles. The first-order valence-electron chi connectivity index (χ1n) is 3.06. The fourth-order valence-corrected chi connectivity index (χ4v) is 0.571. The van der Waals surface area contributed by atoms with Gasteiger partial charge < -0.3 is 0 Å². The van der Waals surface area contributed by atoms with Crippen molar-refractivity contribution in [2.75, 3.05) is 0 Å². The van der Waals surface area contributed by atoms with Gasteiger partial charge in [0.2, 0.25) is 0 Å². The molecule has 0 heterocycles. The van der Waals surface area contributed by atoms with Crippen LogP contribution in [0.25, 0.3) is 0 Å². The molecule has 0 unspecified atom stereocenters. The molecular formula is C7H6F6. The molecule has 0 nitrogen and oxygen atoms in total. The summed E-state index contributed by atoms with van der Waals surface area (Å²) in [5.74, 6) is 0. The van der Waals surface area contributed by atoms with Gasteiger partial charge in [0, 0.05) is 0 Å².